The first-order valence-electron chi connectivity index (χ1n) is 33.0. The van der Waals surface area contributed by atoms with E-state index in [0.717, 1.165) is 134 Å². The molecule has 15 rings (SSSR count). The summed E-state index contributed by atoms with van der Waals surface area (Å²) in [4.78, 5) is 4.99. The maximum absolute atomic E-state index is 8.06. The van der Waals surface area contributed by atoms with Crippen LogP contribution in [-0.4, -0.2) is 16.1 Å². The van der Waals surface area contributed by atoms with Crippen LogP contribution in [0.3, 0.4) is 0 Å². The van der Waals surface area contributed by atoms with Crippen molar-refractivity contribution in [2.24, 2.45) is 0 Å². The predicted octanol–water partition coefficient (Wildman–Crippen LogP) is 23.8. The Bertz CT molecular complexity index is 4970. The van der Waals surface area contributed by atoms with E-state index in [4.69, 9.17) is 8.83 Å². The first-order valence-corrected chi connectivity index (χ1v) is 40.0. The molecular formula is C87H80N2O2Si2. The zero-order chi connectivity index (χ0) is 64.3. The molecule has 1 aliphatic rings. The number of furan rings is 2. The van der Waals surface area contributed by atoms with Crippen molar-refractivity contribution in [3.63, 3.8) is 0 Å². The van der Waals surface area contributed by atoms with Crippen molar-refractivity contribution >= 4 is 105 Å². The molecule has 2 aromatic heterocycles. The lowest BCUT2D eigenvalue weighted by Crippen LogP contribution is -2.37. The molecule has 0 N–H and O–H groups in total. The zero-order valence-electron chi connectivity index (χ0n) is 55.6. The number of hydrogen-bond donors (Lipinski definition) is 0. The number of para-hydroxylation sites is 2. The van der Waals surface area contributed by atoms with Crippen LogP contribution in [0.4, 0.5) is 34.1 Å². The normalized spacial score (nSPS) is 13.2. The van der Waals surface area contributed by atoms with E-state index in [1.54, 1.807) is 0 Å². The SMILES string of the molecule is CC(C)(C)c1ccc(N(c2ccc([Si](C)(C)C)cc2)c2cc3c(c4c2oc2c(-c5ccccc5)cccc24)-c2c(cc(N(c4ccc(C(C)(C)C)cc4)c4ccc([Si](C)(C)C)cc4)c4c2oc2c(-c5ccccc5)cccc24)C3(c2ccccc2)c2ccccc2)cc1. The molecule has 0 aliphatic heterocycles. The van der Waals surface area contributed by atoms with Crippen LogP contribution in [0.15, 0.2) is 276 Å². The standard InChI is InChI=1S/C87H80N2O2Si2/c1-85(2,3)59-39-43-63(44-40-59)88(65-47-51-67(52-48-65)92(7,8)9)75-55-74-80(84-77(75)71-37-25-35-69(81(71)91-84)57-27-17-13-18-28-57)79-73(87(74,61-31-21-15-22-32-61)62-33-23-16-24-34-62)56-76(83-78(79)72-38-26-36-70(82(72)90-83)58-29-19-14-20-30-58)89(64-45-41-60(42-46-64)86(4,5)6)66-49-53-68(54-50-66)93(10,11)12/h13-56H,1-12H3. The maximum Gasteiger partial charge on any atom is 0.160 e. The minimum absolute atomic E-state index is 0.0548. The number of anilines is 6. The van der Waals surface area contributed by atoms with Gasteiger partial charge >= 0.3 is 0 Å². The van der Waals surface area contributed by atoms with Crippen LogP contribution < -0.4 is 20.2 Å². The van der Waals surface area contributed by atoms with E-state index in [2.05, 4.69) is 358 Å². The second-order valence-electron chi connectivity index (χ2n) is 29.7. The van der Waals surface area contributed by atoms with Gasteiger partial charge in [0.15, 0.2) is 5.58 Å². The van der Waals surface area contributed by atoms with Crippen molar-refractivity contribution in [2.45, 2.75) is 97.1 Å². The second-order valence-corrected chi connectivity index (χ2v) is 39.8. The molecule has 14 aromatic rings. The van der Waals surface area contributed by atoms with E-state index in [-0.39, 0.29) is 10.8 Å². The van der Waals surface area contributed by atoms with Crippen molar-refractivity contribution in [1.82, 2.24) is 0 Å². The molecule has 6 heteroatoms. The number of hydrogen-bond acceptors (Lipinski definition) is 4. The first-order chi connectivity index (χ1) is 44.7. The van der Waals surface area contributed by atoms with E-state index in [1.807, 2.05) is 0 Å². The highest BCUT2D eigenvalue weighted by Gasteiger charge is 2.51. The second kappa shape index (κ2) is 22.3. The quantitative estimate of drug-likeness (QED) is 0.114. The van der Waals surface area contributed by atoms with Crippen molar-refractivity contribution < 1.29 is 8.83 Å². The fraction of sp³-hybridized carbons (Fsp3) is 0.172. The third-order valence-corrected chi connectivity index (χ3v) is 23.7. The van der Waals surface area contributed by atoms with Gasteiger partial charge in [0.25, 0.3) is 0 Å². The molecule has 0 bridgehead atoms. The van der Waals surface area contributed by atoms with Gasteiger partial charge in [-0.05, 0) is 116 Å². The Balaban J connectivity index is 1.17. The van der Waals surface area contributed by atoms with Crippen molar-refractivity contribution in [3.05, 3.63) is 300 Å². The molecule has 1 aliphatic carbocycles. The van der Waals surface area contributed by atoms with Gasteiger partial charge in [-0.25, -0.2) is 0 Å². The Morgan fingerprint density at radius 2 is 0.677 bits per heavy atom. The number of rotatable bonds is 12. The average Bonchev–Trinajstić information content (AvgIpc) is 1.50. The summed E-state index contributed by atoms with van der Waals surface area (Å²) in [6.07, 6.45) is 0. The lowest BCUT2D eigenvalue weighted by Gasteiger charge is -2.36. The molecule has 0 spiro atoms. The summed E-state index contributed by atoms with van der Waals surface area (Å²) < 4.78 is 15.9. The Morgan fingerprint density at radius 1 is 0.323 bits per heavy atom. The fourth-order valence-corrected chi connectivity index (χ4v) is 17.0. The van der Waals surface area contributed by atoms with Crippen LogP contribution in [0.25, 0.3) is 77.3 Å². The van der Waals surface area contributed by atoms with Gasteiger partial charge in [-0.2, -0.15) is 0 Å². The van der Waals surface area contributed by atoms with Crippen LogP contribution in [-0.2, 0) is 16.2 Å². The highest BCUT2D eigenvalue weighted by atomic mass is 28.3. The van der Waals surface area contributed by atoms with Crippen molar-refractivity contribution in [3.8, 4) is 33.4 Å². The average molecular weight is 1240 g/mol. The Labute approximate surface area is 550 Å². The highest BCUT2D eigenvalue weighted by Crippen LogP contribution is 2.65. The monoisotopic (exact) mass is 1240 g/mol. The van der Waals surface area contributed by atoms with Gasteiger partial charge in [0.2, 0.25) is 0 Å². The molecule has 0 saturated carbocycles. The molecule has 2 heterocycles. The lowest BCUT2D eigenvalue weighted by molar-refractivity contribution is 0.590. The van der Waals surface area contributed by atoms with Gasteiger partial charge in [-0.3, -0.25) is 0 Å². The molecule has 0 amide bonds. The van der Waals surface area contributed by atoms with E-state index in [0.29, 0.717) is 0 Å². The largest absolute Gasteiger partial charge is 0.455 e. The summed E-state index contributed by atoms with van der Waals surface area (Å²) in [5.74, 6) is 0. The van der Waals surface area contributed by atoms with Gasteiger partial charge in [-0.1, -0.05) is 297 Å². The molecule has 458 valence electrons. The van der Waals surface area contributed by atoms with Crippen LogP contribution >= 0.6 is 0 Å². The van der Waals surface area contributed by atoms with Crippen molar-refractivity contribution in [1.29, 1.82) is 0 Å². The molecule has 4 nitrogen and oxygen atoms in total. The molecule has 12 aromatic carbocycles. The van der Waals surface area contributed by atoms with Crippen LogP contribution in [0.1, 0.15) is 74.9 Å². The molecule has 0 unspecified atom stereocenters. The Hall–Kier alpha value is -9.73. The van der Waals surface area contributed by atoms with E-state index >= 15 is 0 Å². The maximum atomic E-state index is 8.06. The zero-order valence-corrected chi connectivity index (χ0v) is 57.6. The molecule has 0 atom stereocenters. The van der Waals surface area contributed by atoms with Gasteiger partial charge in [0.1, 0.15) is 16.7 Å². The summed E-state index contributed by atoms with van der Waals surface area (Å²) in [7, 11) is -3.42. The van der Waals surface area contributed by atoms with Crippen molar-refractivity contribution in [2.75, 3.05) is 9.80 Å². The van der Waals surface area contributed by atoms with Gasteiger partial charge in [0, 0.05) is 61.2 Å². The Morgan fingerprint density at radius 3 is 1.09 bits per heavy atom. The highest BCUT2D eigenvalue weighted by molar-refractivity contribution is 6.89. The summed E-state index contributed by atoms with van der Waals surface area (Å²) >= 11 is 0. The molecule has 0 saturated heterocycles. The summed E-state index contributed by atoms with van der Waals surface area (Å²) in [5, 5.41) is 6.96. The fourth-order valence-electron chi connectivity index (χ4n) is 14.6. The summed E-state index contributed by atoms with van der Waals surface area (Å²) in [6, 6.07) is 100. The minimum atomic E-state index is -1.71. The van der Waals surface area contributed by atoms with E-state index < -0.39 is 21.6 Å². The van der Waals surface area contributed by atoms with Gasteiger partial charge in [-0.15, -0.1) is 0 Å². The van der Waals surface area contributed by atoms with E-state index in [1.165, 1.54) is 21.5 Å². The van der Waals surface area contributed by atoms with Crippen LogP contribution in [0.2, 0.25) is 39.3 Å². The molecule has 0 radical (unpaired) electrons. The van der Waals surface area contributed by atoms with Gasteiger partial charge < -0.3 is 18.6 Å². The molecule has 0 fully saturated rings. The number of benzene rings is 12. The third kappa shape index (κ3) is 10.00. The Kier molecular flexibility index (Phi) is 14.3. The summed E-state index contributed by atoms with van der Waals surface area (Å²) in [6.45, 7) is 28.3. The lowest BCUT2D eigenvalue weighted by atomic mass is 9.67. The molecule has 93 heavy (non-hydrogen) atoms. The smallest absolute Gasteiger partial charge is 0.160 e. The topological polar surface area (TPSA) is 32.8 Å². The predicted molar refractivity (Wildman–Crippen MR) is 402 cm³/mol. The first kappa shape index (κ1) is 59.6. The molecular weight excluding hydrogens is 1160 g/mol. The van der Waals surface area contributed by atoms with Crippen LogP contribution in [0, 0.1) is 0 Å². The summed E-state index contributed by atoms with van der Waals surface area (Å²) in [5.41, 5.74) is 21.9. The number of fused-ring (bicyclic) bond motifs is 11. The van der Waals surface area contributed by atoms with Crippen LogP contribution in [0.5, 0.6) is 0 Å². The third-order valence-electron chi connectivity index (χ3n) is 19.6. The minimum Gasteiger partial charge on any atom is -0.455 e. The van der Waals surface area contributed by atoms with Gasteiger partial charge in [0.05, 0.1) is 38.3 Å². The van der Waals surface area contributed by atoms with E-state index in [9.17, 15) is 0 Å². The number of nitrogens with zero attached hydrogens (tertiary/aromatic N) is 2.